The minimum atomic E-state index is -0.833. The van der Waals surface area contributed by atoms with Gasteiger partial charge in [0.15, 0.2) is 0 Å². The molecule has 0 aliphatic carbocycles. The normalized spacial score (nSPS) is 13.1. The van der Waals surface area contributed by atoms with E-state index in [0.717, 1.165) is 72.6 Å². The Hall–Kier alpha value is -7.00. The number of pyridine rings is 1. The summed E-state index contributed by atoms with van der Waals surface area (Å²) in [6, 6.07) is 80.9. The Morgan fingerprint density at radius 2 is 0.986 bits per heavy atom. The summed E-state index contributed by atoms with van der Waals surface area (Å²) < 4.78 is 2.31. The van der Waals surface area contributed by atoms with E-state index >= 15 is 0 Å². The van der Waals surface area contributed by atoms with Gasteiger partial charge in [0.2, 0.25) is 0 Å². The van der Waals surface area contributed by atoms with Gasteiger partial charge < -0.3 is 14.4 Å². The second-order valence-corrected chi connectivity index (χ2v) is 21.4. The number of rotatable bonds is 9. The maximum atomic E-state index is 5.11. The first-order chi connectivity index (χ1) is 33.7. The van der Waals surface area contributed by atoms with E-state index in [1.165, 1.54) is 22.3 Å². The molecule has 0 bridgehead atoms. The van der Waals surface area contributed by atoms with Crippen molar-refractivity contribution in [1.29, 1.82) is 0 Å². The van der Waals surface area contributed by atoms with Crippen molar-refractivity contribution in [2.75, 3.05) is 9.80 Å². The summed E-state index contributed by atoms with van der Waals surface area (Å²) in [5.74, 6) is 0.857. The van der Waals surface area contributed by atoms with Crippen LogP contribution >= 0.6 is 0 Å². The van der Waals surface area contributed by atoms with Crippen molar-refractivity contribution in [2.24, 2.45) is 0 Å². The quantitative estimate of drug-likeness (QED) is 0.106. The molecule has 4 nitrogen and oxygen atoms in total. The van der Waals surface area contributed by atoms with Gasteiger partial charge in [0.25, 0.3) is 0 Å². The molecular formula is C66H59N4Pt-3. The predicted molar refractivity (Wildman–Crippen MR) is 292 cm³/mol. The van der Waals surface area contributed by atoms with Crippen LogP contribution in [0.15, 0.2) is 206 Å². The molecule has 0 N–H and O–H groups in total. The van der Waals surface area contributed by atoms with Crippen LogP contribution in [-0.4, -0.2) is 9.55 Å². The Kier molecular flexibility index (Phi) is 12.3. The van der Waals surface area contributed by atoms with Crippen LogP contribution in [-0.2, 0) is 42.7 Å². The third kappa shape index (κ3) is 8.31. The van der Waals surface area contributed by atoms with Crippen molar-refractivity contribution in [3.63, 3.8) is 0 Å². The molecule has 10 aromatic rings. The number of anilines is 4. The molecule has 0 radical (unpaired) electrons. The fourth-order valence-electron chi connectivity index (χ4n) is 10.6. The number of para-hydroxylation sites is 3. The van der Waals surface area contributed by atoms with Gasteiger partial charge in [-0.1, -0.05) is 188 Å². The molecule has 0 saturated carbocycles. The van der Waals surface area contributed by atoms with Crippen molar-refractivity contribution in [3.8, 4) is 5.82 Å². The van der Waals surface area contributed by atoms with Gasteiger partial charge in [-0.25, -0.2) is 4.98 Å². The second kappa shape index (κ2) is 18.3. The number of hydrogen-bond donors (Lipinski definition) is 0. The van der Waals surface area contributed by atoms with Crippen LogP contribution in [0.3, 0.4) is 0 Å². The number of aromatic nitrogens is 2. The van der Waals surface area contributed by atoms with Crippen molar-refractivity contribution in [3.05, 3.63) is 270 Å². The molecule has 0 amide bonds. The smallest absolute Gasteiger partial charge is 0.135 e. The zero-order chi connectivity index (χ0) is 48.4. The molecule has 0 spiro atoms. The average molecular weight is 1100 g/mol. The standard InChI is InChI=1S/C66H59N4.Pt/c1-63(2,3)52-39-53(64(4,5)6)42-55(41-52)69-45-68(59-33-20-21-34-60(59)69)54-30-22-29-50(40-54)66(47-25-14-10-15-26-47,48-27-16-11-17-28-48)51-35-36-57-56-31-18-19-32-58(56)70(61(57)43-51)62-44-49(37-38-67-62)65(7,8)46-23-12-9-13-24-46;/h9-39,41-42,44-45H,1-8H3;/q-3;. The largest absolute Gasteiger partial charge is 0.493 e. The molecule has 5 heteroatoms. The first-order valence-electron chi connectivity index (χ1n) is 24.5. The van der Waals surface area contributed by atoms with Crippen molar-refractivity contribution in [1.82, 2.24) is 9.55 Å². The molecule has 2 aromatic heterocycles. The van der Waals surface area contributed by atoms with Gasteiger partial charge in [-0.3, -0.25) is 0 Å². The van der Waals surface area contributed by atoms with Crippen molar-refractivity contribution < 1.29 is 21.1 Å². The van der Waals surface area contributed by atoms with E-state index in [4.69, 9.17) is 4.98 Å². The molecule has 11 rings (SSSR count). The molecule has 0 fully saturated rings. The number of benzene rings is 8. The third-order valence-corrected chi connectivity index (χ3v) is 14.6. The Bertz CT molecular complexity index is 3450. The maximum Gasteiger partial charge on any atom is 0.135 e. The zero-order valence-corrected chi connectivity index (χ0v) is 44.1. The van der Waals surface area contributed by atoms with Crippen LogP contribution in [0.5, 0.6) is 0 Å². The average Bonchev–Trinajstić information content (AvgIpc) is 3.93. The molecule has 1 aliphatic heterocycles. The summed E-state index contributed by atoms with van der Waals surface area (Å²) in [7, 11) is 0. The van der Waals surface area contributed by atoms with E-state index in [1.807, 2.05) is 6.20 Å². The molecular weight excluding hydrogens is 1040 g/mol. The molecule has 356 valence electrons. The van der Waals surface area contributed by atoms with Crippen LogP contribution in [0.2, 0.25) is 0 Å². The van der Waals surface area contributed by atoms with Gasteiger partial charge in [-0.2, -0.15) is 42.5 Å². The summed E-state index contributed by atoms with van der Waals surface area (Å²) >= 11 is 0. The van der Waals surface area contributed by atoms with Crippen molar-refractivity contribution in [2.45, 2.75) is 77.0 Å². The van der Waals surface area contributed by atoms with Crippen LogP contribution < -0.4 is 9.80 Å². The topological polar surface area (TPSA) is 24.3 Å². The van der Waals surface area contributed by atoms with Gasteiger partial charge >= 0.3 is 0 Å². The van der Waals surface area contributed by atoms with Gasteiger partial charge in [0.1, 0.15) is 5.82 Å². The van der Waals surface area contributed by atoms with E-state index in [2.05, 4.69) is 289 Å². The molecule has 0 saturated heterocycles. The second-order valence-electron chi connectivity index (χ2n) is 21.4. The Morgan fingerprint density at radius 1 is 0.437 bits per heavy atom. The maximum absolute atomic E-state index is 5.11. The van der Waals surface area contributed by atoms with Crippen molar-refractivity contribution >= 4 is 44.6 Å². The first-order valence-corrected chi connectivity index (χ1v) is 24.5. The fourth-order valence-corrected chi connectivity index (χ4v) is 10.6. The Labute approximate surface area is 434 Å². The third-order valence-electron chi connectivity index (χ3n) is 14.6. The molecule has 71 heavy (non-hydrogen) atoms. The van der Waals surface area contributed by atoms with Gasteiger partial charge in [0.05, 0.1) is 0 Å². The summed E-state index contributed by atoms with van der Waals surface area (Å²) in [4.78, 5) is 9.77. The van der Waals surface area contributed by atoms with E-state index < -0.39 is 5.41 Å². The van der Waals surface area contributed by atoms with Crippen LogP contribution in [0.1, 0.15) is 99.9 Å². The van der Waals surface area contributed by atoms with E-state index in [9.17, 15) is 0 Å². The molecule has 3 heterocycles. The fraction of sp³-hybridized carbons (Fsp3) is 0.182. The van der Waals surface area contributed by atoms with E-state index in [0.29, 0.717) is 0 Å². The zero-order valence-electron chi connectivity index (χ0n) is 41.8. The monoisotopic (exact) mass is 1100 g/mol. The Balaban J connectivity index is 0.00000582. The molecule has 0 unspecified atom stereocenters. The summed E-state index contributed by atoms with van der Waals surface area (Å²) in [6.07, 6.45) is 1.96. The summed E-state index contributed by atoms with van der Waals surface area (Å²) in [6.45, 7) is 20.6. The van der Waals surface area contributed by atoms with Gasteiger partial charge in [-0.05, 0) is 92.1 Å². The SMILES string of the molecule is CC(C)(C)c1cc(N2[CH-]N(c3[c-]c(C(c4[c-]c5c(cc4)c4ccccc4n5-c4cc(C(C)(C)c5ccccc5)ccn4)(c4ccccc4)c4ccccc4)ccc3)c3ccccc32)cc(C(C)(C)C)c1.[Pt]. The van der Waals surface area contributed by atoms with Crippen LogP contribution in [0.4, 0.5) is 22.7 Å². The predicted octanol–water partition coefficient (Wildman–Crippen LogP) is 16.5. The Morgan fingerprint density at radius 3 is 1.61 bits per heavy atom. The number of fused-ring (bicyclic) bond motifs is 4. The minimum absolute atomic E-state index is 0. The van der Waals surface area contributed by atoms with Gasteiger partial charge in [0, 0.05) is 60.7 Å². The minimum Gasteiger partial charge on any atom is -0.493 e. The van der Waals surface area contributed by atoms with Gasteiger partial charge in [-0.15, -0.1) is 28.9 Å². The summed E-state index contributed by atoms with van der Waals surface area (Å²) in [5.41, 5.74) is 14.6. The summed E-state index contributed by atoms with van der Waals surface area (Å²) in [5, 5.41) is 2.28. The van der Waals surface area contributed by atoms with E-state index in [-0.39, 0.29) is 37.3 Å². The van der Waals surface area contributed by atoms with Crippen LogP contribution in [0, 0.1) is 18.8 Å². The van der Waals surface area contributed by atoms with E-state index in [1.54, 1.807) is 0 Å². The first kappa shape index (κ1) is 47.7. The number of hydrogen-bond acceptors (Lipinski definition) is 3. The molecule has 1 aliphatic rings. The molecule has 8 aromatic carbocycles. The number of nitrogens with zero attached hydrogens (tertiary/aromatic N) is 4. The van der Waals surface area contributed by atoms with Crippen LogP contribution in [0.25, 0.3) is 27.6 Å². The molecule has 0 atom stereocenters.